The van der Waals surface area contributed by atoms with E-state index in [0.29, 0.717) is 18.1 Å². The van der Waals surface area contributed by atoms with Gasteiger partial charge in [-0.15, -0.1) is 0 Å². The van der Waals surface area contributed by atoms with Crippen LogP contribution in [-0.2, 0) is 26.2 Å². The van der Waals surface area contributed by atoms with Crippen molar-refractivity contribution in [2.75, 3.05) is 24.6 Å². The molecule has 3 aromatic carbocycles. The number of nitrogens with one attached hydrogen (secondary N) is 1. The molecule has 9 nitrogen and oxygen atoms in total. The average molecular weight is 596 g/mol. The maximum atomic E-state index is 14.2. The van der Waals surface area contributed by atoms with Crippen LogP contribution in [0.2, 0.25) is 0 Å². The molecule has 0 aliphatic rings. The molecule has 2 atom stereocenters. The van der Waals surface area contributed by atoms with Crippen LogP contribution in [0.5, 0.6) is 11.5 Å². The van der Waals surface area contributed by atoms with Gasteiger partial charge in [0.1, 0.15) is 24.1 Å². The maximum absolute atomic E-state index is 14.2. The van der Waals surface area contributed by atoms with Crippen LogP contribution in [0.3, 0.4) is 0 Å². The zero-order chi connectivity index (χ0) is 30.9. The van der Waals surface area contributed by atoms with E-state index in [-0.39, 0.29) is 29.1 Å². The van der Waals surface area contributed by atoms with Crippen LogP contribution in [0.1, 0.15) is 45.2 Å². The summed E-state index contributed by atoms with van der Waals surface area (Å²) in [4.78, 5) is 28.8. The Labute approximate surface area is 249 Å². The van der Waals surface area contributed by atoms with E-state index in [2.05, 4.69) is 5.32 Å². The van der Waals surface area contributed by atoms with Crippen molar-refractivity contribution in [3.63, 3.8) is 0 Å². The lowest BCUT2D eigenvalue weighted by Crippen LogP contribution is -2.52. The third-order valence-corrected chi connectivity index (χ3v) is 8.75. The summed E-state index contributed by atoms with van der Waals surface area (Å²) in [6, 6.07) is 19.4. The molecule has 226 valence electrons. The van der Waals surface area contributed by atoms with Gasteiger partial charge >= 0.3 is 0 Å². The second-order valence-corrected chi connectivity index (χ2v) is 12.0. The van der Waals surface area contributed by atoms with Gasteiger partial charge in [-0.25, -0.2) is 8.42 Å². The van der Waals surface area contributed by atoms with E-state index >= 15 is 0 Å². The Kier molecular flexibility index (Phi) is 11.4. The molecule has 0 saturated heterocycles. The standard InChI is InChI=1S/C32H41N3O6S/c1-7-24(4)33-32(37)25(5)34(21-26-12-11-13-27(20-26)40-6)31(36)22-35(29-14-9-10-15-30(29)41-8-2)42(38,39)28-18-16-23(3)17-19-28/h9-20,24-25H,7-8,21-22H2,1-6H3,(H,33,37). The highest BCUT2D eigenvalue weighted by Crippen LogP contribution is 2.33. The molecule has 2 unspecified atom stereocenters. The number of carbonyl (C=O) groups is 2. The number of benzene rings is 3. The van der Waals surface area contributed by atoms with Crippen LogP contribution in [0.15, 0.2) is 77.7 Å². The SMILES string of the molecule is CCOc1ccccc1N(CC(=O)N(Cc1cccc(OC)c1)C(C)C(=O)NC(C)CC)S(=O)(=O)c1ccc(C)cc1. The smallest absolute Gasteiger partial charge is 0.264 e. The Balaban J connectivity index is 2.08. The summed E-state index contributed by atoms with van der Waals surface area (Å²) < 4.78 is 40.4. The number of methoxy groups -OCH3 is 1. The Morgan fingerprint density at radius 1 is 0.952 bits per heavy atom. The van der Waals surface area contributed by atoms with Crippen molar-refractivity contribution in [2.45, 2.75) is 64.6 Å². The zero-order valence-corrected chi connectivity index (χ0v) is 26.0. The zero-order valence-electron chi connectivity index (χ0n) is 25.2. The van der Waals surface area contributed by atoms with Gasteiger partial charge < -0.3 is 19.7 Å². The Hall–Kier alpha value is -4.05. The summed E-state index contributed by atoms with van der Waals surface area (Å²) in [6.07, 6.45) is 0.721. The number of ether oxygens (including phenoxy) is 2. The molecule has 0 bridgehead atoms. The van der Waals surface area contributed by atoms with E-state index in [1.807, 2.05) is 26.8 Å². The first-order valence-electron chi connectivity index (χ1n) is 14.1. The lowest BCUT2D eigenvalue weighted by Gasteiger charge is -2.33. The molecule has 42 heavy (non-hydrogen) atoms. The molecular formula is C32H41N3O6S. The van der Waals surface area contributed by atoms with Gasteiger partial charge in [0.15, 0.2) is 0 Å². The van der Waals surface area contributed by atoms with Crippen molar-refractivity contribution in [3.05, 3.63) is 83.9 Å². The quantitative estimate of drug-likeness (QED) is 0.283. The molecule has 0 fully saturated rings. The molecule has 10 heteroatoms. The second-order valence-electron chi connectivity index (χ2n) is 10.1. The molecule has 0 heterocycles. The minimum Gasteiger partial charge on any atom is -0.497 e. The third-order valence-electron chi connectivity index (χ3n) is 6.98. The van der Waals surface area contributed by atoms with Gasteiger partial charge in [-0.2, -0.15) is 0 Å². The first kappa shape index (κ1) is 32.5. The normalized spacial score (nSPS) is 12.6. The molecule has 3 aromatic rings. The molecule has 0 aromatic heterocycles. The molecule has 2 amide bonds. The highest BCUT2D eigenvalue weighted by Gasteiger charge is 2.34. The number of para-hydroxylation sites is 2. The highest BCUT2D eigenvalue weighted by molar-refractivity contribution is 7.92. The van der Waals surface area contributed by atoms with Crippen molar-refractivity contribution < 1.29 is 27.5 Å². The van der Waals surface area contributed by atoms with E-state index in [9.17, 15) is 18.0 Å². The lowest BCUT2D eigenvalue weighted by atomic mass is 10.1. The third kappa shape index (κ3) is 8.03. The Morgan fingerprint density at radius 3 is 2.29 bits per heavy atom. The monoisotopic (exact) mass is 595 g/mol. The number of amides is 2. The van der Waals surface area contributed by atoms with Gasteiger partial charge in [-0.1, -0.05) is 48.9 Å². The largest absolute Gasteiger partial charge is 0.497 e. The fourth-order valence-electron chi connectivity index (χ4n) is 4.31. The maximum Gasteiger partial charge on any atom is 0.264 e. The number of aryl methyl sites for hydroxylation is 1. The molecule has 0 aliphatic carbocycles. The van der Waals surface area contributed by atoms with Crippen LogP contribution >= 0.6 is 0 Å². The number of carbonyl (C=O) groups excluding carboxylic acids is 2. The van der Waals surface area contributed by atoms with Crippen molar-refractivity contribution in [3.8, 4) is 11.5 Å². The first-order valence-corrected chi connectivity index (χ1v) is 15.5. The predicted molar refractivity (Wildman–Crippen MR) is 164 cm³/mol. The minimum atomic E-state index is -4.21. The van der Waals surface area contributed by atoms with E-state index in [4.69, 9.17) is 9.47 Å². The summed E-state index contributed by atoms with van der Waals surface area (Å²) >= 11 is 0. The number of rotatable bonds is 14. The summed E-state index contributed by atoms with van der Waals surface area (Å²) in [5.41, 5.74) is 1.86. The fraction of sp³-hybridized carbons (Fsp3) is 0.375. The molecular weight excluding hydrogens is 554 g/mol. The van der Waals surface area contributed by atoms with Crippen LogP contribution in [-0.4, -0.2) is 57.5 Å². The molecule has 1 N–H and O–H groups in total. The predicted octanol–water partition coefficient (Wildman–Crippen LogP) is 4.93. The first-order chi connectivity index (χ1) is 20.0. The van der Waals surface area contributed by atoms with Crippen molar-refractivity contribution in [2.24, 2.45) is 0 Å². The lowest BCUT2D eigenvalue weighted by molar-refractivity contribution is -0.139. The van der Waals surface area contributed by atoms with E-state index in [1.54, 1.807) is 75.6 Å². The van der Waals surface area contributed by atoms with Crippen molar-refractivity contribution in [1.82, 2.24) is 10.2 Å². The van der Waals surface area contributed by atoms with Crippen LogP contribution in [0.25, 0.3) is 0 Å². The van der Waals surface area contributed by atoms with E-state index in [1.165, 1.54) is 17.0 Å². The van der Waals surface area contributed by atoms with Crippen LogP contribution < -0.4 is 19.1 Å². The van der Waals surface area contributed by atoms with Crippen LogP contribution in [0, 0.1) is 6.92 Å². The highest BCUT2D eigenvalue weighted by atomic mass is 32.2. The van der Waals surface area contributed by atoms with Gasteiger partial charge in [0.25, 0.3) is 10.0 Å². The van der Waals surface area contributed by atoms with Gasteiger partial charge in [-0.3, -0.25) is 13.9 Å². The number of hydrogen-bond donors (Lipinski definition) is 1. The molecule has 0 aliphatic heterocycles. The number of hydrogen-bond acceptors (Lipinski definition) is 6. The Bertz CT molecular complexity index is 1460. The Morgan fingerprint density at radius 2 is 1.64 bits per heavy atom. The average Bonchev–Trinajstić information content (AvgIpc) is 2.98. The van der Waals surface area contributed by atoms with Crippen molar-refractivity contribution in [1.29, 1.82) is 0 Å². The topological polar surface area (TPSA) is 105 Å². The summed E-state index contributed by atoms with van der Waals surface area (Å²) in [5.74, 6) is 0.0473. The van der Waals surface area contributed by atoms with Crippen LogP contribution in [0.4, 0.5) is 5.69 Å². The molecule has 0 saturated carbocycles. The number of sulfonamides is 1. The van der Waals surface area contributed by atoms with E-state index < -0.39 is 28.5 Å². The van der Waals surface area contributed by atoms with Gasteiger partial charge in [-0.05, 0) is 76.1 Å². The molecule has 0 radical (unpaired) electrons. The second kappa shape index (κ2) is 14.7. The minimum absolute atomic E-state index is 0.0362. The van der Waals surface area contributed by atoms with Crippen molar-refractivity contribution >= 4 is 27.5 Å². The summed E-state index contributed by atoms with van der Waals surface area (Å²) in [6.45, 7) is 8.97. The summed E-state index contributed by atoms with van der Waals surface area (Å²) in [5, 5.41) is 2.94. The molecule has 0 spiro atoms. The van der Waals surface area contributed by atoms with Gasteiger partial charge in [0, 0.05) is 12.6 Å². The van der Waals surface area contributed by atoms with E-state index in [0.717, 1.165) is 21.9 Å². The summed E-state index contributed by atoms with van der Waals surface area (Å²) in [7, 11) is -2.66. The van der Waals surface area contributed by atoms with Gasteiger partial charge in [0.05, 0.1) is 24.3 Å². The number of anilines is 1. The number of nitrogens with zero attached hydrogens (tertiary/aromatic N) is 2. The fourth-order valence-corrected chi connectivity index (χ4v) is 5.73. The van der Waals surface area contributed by atoms with Gasteiger partial charge in [0.2, 0.25) is 11.8 Å². The molecule has 3 rings (SSSR count).